The maximum absolute atomic E-state index is 11.5. The second-order valence-electron chi connectivity index (χ2n) is 8.84. The van der Waals surface area contributed by atoms with Gasteiger partial charge in [-0.2, -0.15) is 0 Å². The minimum Gasteiger partial charge on any atom is -0.351 e. The molecule has 0 unspecified atom stereocenters. The number of aryl methyl sites for hydroxylation is 1. The van der Waals surface area contributed by atoms with Crippen LogP contribution >= 0.6 is 23.8 Å². The number of hydrogen-bond acceptors (Lipinski definition) is 3. The minimum absolute atomic E-state index is 0.110. The van der Waals surface area contributed by atoms with Crippen LogP contribution in [-0.4, -0.2) is 20.6 Å². The summed E-state index contributed by atoms with van der Waals surface area (Å²) < 4.78 is 2.19. The molecule has 1 aliphatic rings. The van der Waals surface area contributed by atoms with Crippen molar-refractivity contribution in [2.45, 2.75) is 32.9 Å². The molecule has 4 aromatic rings. The highest BCUT2D eigenvalue weighted by Gasteiger charge is 2.42. The number of carbonyl (C=O) groups is 1. The molecule has 0 radical (unpaired) electrons. The van der Waals surface area contributed by atoms with Gasteiger partial charge in [0.2, 0.25) is 5.91 Å². The van der Waals surface area contributed by atoms with Crippen LogP contribution in [0.1, 0.15) is 41.7 Å². The highest BCUT2D eigenvalue weighted by atomic mass is 35.5. The number of anilines is 2. The zero-order valence-corrected chi connectivity index (χ0v) is 21.8. The summed E-state index contributed by atoms with van der Waals surface area (Å²) in [4.78, 5) is 18.3. The van der Waals surface area contributed by atoms with Crippen molar-refractivity contribution in [3.05, 3.63) is 107 Å². The predicted molar refractivity (Wildman–Crippen MR) is 149 cm³/mol. The molecule has 2 aromatic heterocycles. The molecule has 0 spiro atoms. The van der Waals surface area contributed by atoms with Gasteiger partial charge in [-0.15, -0.1) is 0 Å². The quantitative estimate of drug-likeness (QED) is 0.306. The third-order valence-electron chi connectivity index (χ3n) is 6.45. The number of benzene rings is 2. The van der Waals surface area contributed by atoms with Crippen molar-refractivity contribution in [3.8, 4) is 5.69 Å². The first kappa shape index (κ1) is 24.0. The largest absolute Gasteiger partial charge is 0.351 e. The van der Waals surface area contributed by atoms with Gasteiger partial charge in [0, 0.05) is 35.9 Å². The van der Waals surface area contributed by atoms with Crippen molar-refractivity contribution in [2.24, 2.45) is 0 Å². The lowest BCUT2D eigenvalue weighted by Gasteiger charge is -2.28. The van der Waals surface area contributed by atoms with Crippen LogP contribution in [0.5, 0.6) is 0 Å². The molecule has 0 bridgehead atoms. The summed E-state index contributed by atoms with van der Waals surface area (Å²) in [6, 6.07) is 23.4. The van der Waals surface area contributed by atoms with E-state index < -0.39 is 0 Å². The molecule has 182 valence electrons. The Labute approximate surface area is 220 Å². The van der Waals surface area contributed by atoms with Gasteiger partial charge >= 0.3 is 0 Å². The van der Waals surface area contributed by atoms with Crippen LogP contribution in [0.4, 0.5) is 11.4 Å². The molecule has 1 aliphatic heterocycles. The van der Waals surface area contributed by atoms with E-state index >= 15 is 0 Å². The lowest BCUT2D eigenvalue weighted by molar-refractivity contribution is -0.114. The average molecular weight is 516 g/mol. The molecule has 1 amide bonds. The fourth-order valence-corrected chi connectivity index (χ4v) is 5.51. The van der Waals surface area contributed by atoms with Crippen molar-refractivity contribution < 1.29 is 4.79 Å². The summed E-state index contributed by atoms with van der Waals surface area (Å²) >= 11 is 12.5. The van der Waals surface area contributed by atoms with E-state index in [1.54, 1.807) is 6.20 Å². The summed E-state index contributed by atoms with van der Waals surface area (Å²) in [5.41, 5.74) is 6.79. The lowest BCUT2D eigenvalue weighted by atomic mass is 9.96. The molecule has 2 aromatic carbocycles. The highest BCUT2D eigenvalue weighted by molar-refractivity contribution is 7.80. The van der Waals surface area contributed by atoms with E-state index in [1.165, 1.54) is 6.92 Å². The summed E-state index contributed by atoms with van der Waals surface area (Å²) in [6.45, 7) is 5.69. The first-order valence-corrected chi connectivity index (χ1v) is 12.5. The van der Waals surface area contributed by atoms with Gasteiger partial charge < -0.3 is 20.1 Å². The number of carbonyl (C=O) groups excluding carboxylic acids is 1. The summed E-state index contributed by atoms with van der Waals surface area (Å²) in [7, 11) is 0. The maximum Gasteiger partial charge on any atom is 0.221 e. The van der Waals surface area contributed by atoms with E-state index in [4.69, 9.17) is 23.8 Å². The highest BCUT2D eigenvalue weighted by Crippen LogP contribution is 2.44. The van der Waals surface area contributed by atoms with Crippen molar-refractivity contribution in [3.63, 3.8) is 0 Å². The number of aromatic nitrogens is 2. The van der Waals surface area contributed by atoms with Crippen molar-refractivity contribution in [1.29, 1.82) is 0 Å². The predicted octanol–water partition coefficient (Wildman–Crippen LogP) is 6.28. The molecular formula is C28H26ClN5OS. The van der Waals surface area contributed by atoms with Gasteiger partial charge in [-0.1, -0.05) is 29.8 Å². The van der Waals surface area contributed by atoms with Gasteiger partial charge in [0.1, 0.15) is 0 Å². The van der Waals surface area contributed by atoms with Gasteiger partial charge in [0.05, 0.1) is 28.5 Å². The number of amides is 1. The molecule has 1 fully saturated rings. The van der Waals surface area contributed by atoms with Gasteiger partial charge in [-0.3, -0.25) is 9.78 Å². The molecule has 36 heavy (non-hydrogen) atoms. The molecule has 8 heteroatoms. The van der Waals surface area contributed by atoms with Gasteiger partial charge in [0.25, 0.3) is 0 Å². The topological polar surface area (TPSA) is 62.2 Å². The van der Waals surface area contributed by atoms with Crippen LogP contribution in [0, 0.1) is 13.8 Å². The number of nitrogens with zero attached hydrogens (tertiary/aromatic N) is 3. The number of para-hydroxylation sites is 1. The Kier molecular flexibility index (Phi) is 6.51. The van der Waals surface area contributed by atoms with Crippen LogP contribution in [0.3, 0.4) is 0 Å². The first-order chi connectivity index (χ1) is 17.3. The molecular weight excluding hydrogens is 490 g/mol. The van der Waals surface area contributed by atoms with Gasteiger partial charge in [-0.25, -0.2) is 0 Å². The van der Waals surface area contributed by atoms with Crippen LogP contribution in [0.15, 0.2) is 79.0 Å². The van der Waals surface area contributed by atoms with E-state index in [0.29, 0.717) is 10.1 Å². The van der Waals surface area contributed by atoms with Crippen LogP contribution in [0.25, 0.3) is 5.69 Å². The number of nitrogens with one attached hydrogen (secondary N) is 2. The second kappa shape index (κ2) is 9.76. The lowest BCUT2D eigenvalue weighted by Crippen LogP contribution is -2.29. The van der Waals surface area contributed by atoms with E-state index in [-0.39, 0.29) is 18.0 Å². The van der Waals surface area contributed by atoms with Crippen LogP contribution in [-0.2, 0) is 4.79 Å². The Morgan fingerprint density at radius 3 is 2.44 bits per heavy atom. The Hall–Kier alpha value is -3.68. The van der Waals surface area contributed by atoms with Crippen molar-refractivity contribution in [2.75, 3.05) is 10.2 Å². The van der Waals surface area contributed by atoms with Crippen LogP contribution in [0.2, 0.25) is 5.02 Å². The number of halogens is 1. The normalized spacial score (nSPS) is 17.2. The van der Waals surface area contributed by atoms with Crippen molar-refractivity contribution >= 4 is 46.2 Å². The molecule has 5 rings (SSSR count). The first-order valence-electron chi connectivity index (χ1n) is 11.7. The summed E-state index contributed by atoms with van der Waals surface area (Å²) in [5, 5.41) is 7.64. The number of pyridine rings is 1. The number of thiocarbonyl (C=S) groups is 1. The third kappa shape index (κ3) is 4.36. The summed E-state index contributed by atoms with van der Waals surface area (Å²) in [6.07, 6.45) is 1.80. The molecule has 0 aliphatic carbocycles. The van der Waals surface area contributed by atoms with Crippen LogP contribution < -0.4 is 15.5 Å². The third-order valence-corrected chi connectivity index (χ3v) is 7.08. The van der Waals surface area contributed by atoms with E-state index in [1.807, 2.05) is 66.7 Å². The second-order valence-corrected chi connectivity index (χ2v) is 9.63. The standard InChI is InChI=1S/C28H26ClN5OS/c1-17-16-22(18(2)33(17)25-10-5-4-8-23(25)29)27-26(24-9-6-7-15-30-24)32-28(36)34(27)21-13-11-20(12-14-21)31-19(3)35/h4-16,26-27H,1-3H3,(H,31,35)(H,32,36)/t26-,27+/m0/s1. The zero-order chi connectivity index (χ0) is 25.4. The number of rotatable bonds is 5. The molecule has 2 atom stereocenters. The molecule has 6 nitrogen and oxygen atoms in total. The zero-order valence-electron chi connectivity index (χ0n) is 20.2. The Bertz CT molecular complexity index is 1430. The summed E-state index contributed by atoms with van der Waals surface area (Å²) in [5.74, 6) is -0.110. The molecule has 1 saturated heterocycles. The Balaban J connectivity index is 1.64. The minimum atomic E-state index is -0.158. The fourth-order valence-electron chi connectivity index (χ4n) is 4.95. The molecule has 3 heterocycles. The maximum atomic E-state index is 11.5. The Morgan fingerprint density at radius 2 is 1.78 bits per heavy atom. The van der Waals surface area contributed by atoms with E-state index in [2.05, 4.69) is 45.0 Å². The van der Waals surface area contributed by atoms with E-state index in [0.717, 1.165) is 39.7 Å². The monoisotopic (exact) mass is 515 g/mol. The number of hydrogen-bond donors (Lipinski definition) is 2. The van der Waals surface area contributed by atoms with E-state index in [9.17, 15) is 4.79 Å². The Morgan fingerprint density at radius 1 is 1.06 bits per heavy atom. The average Bonchev–Trinajstić information content (AvgIpc) is 3.35. The van der Waals surface area contributed by atoms with Gasteiger partial charge in [-0.05, 0) is 86.2 Å². The molecule has 0 saturated carbocycles. The van der Waals surface area contributed by atoms with Gasteiger partial charge in [0.15, 0.2) is 5.11 Å². The van der Waals surface area contributed by atoms with Crippen molar-refractivity contribution in [1.82, 2.24) is 14.9 Å². The smallest absolute Gasteiger partial charge is 0.221 e. The SMILES string of the molecule is CC(=O)Nc1ccc(N2C(=S)N[C@@H](c3ccccn3)[C@H]2c2cc(C)n(-c3ccccc3Cl)c2C)cc1. The fraction of sp³-hybridized carbons (Fsp3) is 0.179. The molecule has 2 N–H and O–H groups in total.